The van der Waals surface area contributed by atoms with E-state index >= 15 is 0 Å². The molecule has 246 valence electrons. The maximum atomic E-state index is 9.60. The number of aryl methyl sites for hydroxylation is 2. The number of phenolic OH excluding ortho intramolecular Hbond substituents is 2. The van der Waals surface area contributed by atoms with Crippen LogP contribution in [0.2, 0.25) is 0 Å². The number of aromatic hydroxyl groups is 2. The van der Waals surface area contributed by atoms with Crippen LogP contribution < -0.4 is 0 Å². The third-order valence-electron chi connectivity index (χ3n) is 11.5. The van der Waals surface area contributed by atoms with Gasteiger partial charge in [-0.2, -0.15) is 0 Å². The largest absolute Gasteiger partial charge is 0.508 e. The molecule has 0 aliphatic heterocycles. The molecule has 0 radical (unpaired) electrons. The van der Waals surface area contributed by atoms with Gasteiger partial charge in [0, 0.05) is 0 Å². The molecule has 0 heterocycles. The third kappa shape index (κ3) is 8.21. The topological polar surface area (TPSA) is 40.5 Å². The molecule has 2 aliphatic rings. The summed E-state index contributed by atoms with van der Waals surface area (Å²) in [7, 11) is 0. The molecular formula is C46H50O2. The van der Waals surface area contributed by atoms with E-state index in [1.807, 2.05) is 24.3 Å². The minimum atomic E-state index is 0.361. The summed E-state index contributed by atoms with van der Waals surface area (Å²) >= 11 is 0. The molecule has 0 atom stereocenters. The van der Waals surface area contributed by atoms with Crippen molar-refractivity contribution in [1.82, 2.24) is 0 Å². The molecule has 48 heavy (non-hydrogen) atoms. The van der Waals surface area contributed by atoms with E-state index in [1.165, 1.54) is 109 Å². The Morgan fingerprint density at radius 2 is 0.771 bits per heavy atom. The Balaban J connectivity index is 0.872. The highest BCUT2D eigenvalue weighted by Crippen LogP contribution is 2.39. The van der Waals surface area contributed by atoms with Crippen molar-refractivity contribution >= 4 is 0 Å². The quantitative estimate of drug-likeness (QED) is 0.160. The van der Waals surface area contributed by atoms with Crippen molar-refractivity contribution in [1.29, 1.82) is 0 Å². The minimum absolute atomic E-state index is 0.361. The molecule has 5 aromatic rings. The Bertz CT molecular complexity index is 1590. The molecule has 0 bridgehead atoms. The van der Waals surface area contributed by atoms with Crippen molar-refractivity contribution in [3.05, 3.63) is 144 Å². The predicted molar refractivity (Wildman–Crippen MR) is 200 cm³/mol. The van der Waals surface area contributed by atoms with Gasteiger partial charge >= 0.3 is 0 Å². The highest BCUT2D eigenvalue weighted by molar-refractivity contribution is 5.73. The van der Waals surface area contributed by atoms with Gasteiger partial charge in [-0.3, -0.25) is 0 Å². The van der Waals surface area contributed by atoms with E-state index < -0.39 is 0 Å². The lowest BCUT2D eigenvalue weighted by Crippen LogP contribution is -2.14. The lowest BCUT2D eigenvalue weighted by Gasteiger charge is -2.29. The van der Waals surface area contributed by atoms with Gasteiger partial charge in [-0.05, 0) is 176 Å². The minimum Gasteiger partial charge on any atom is -0.508 e. The van der Waals surface area contributed by atoms with E-state index in [0.29, 0.717) is 23.3 Å². The first-order valence-corrected chi connectivity index (χ1v) is 18.4. The third-order valence-corrected chi connectivity index (χ3v) is 11.5. The molecule has 0 aromatic heterocycles. The highest BCUT2D eigenvalue weighted by Gasteiger charge is 2.23. The van der Waals surface area contributed by atoms with E-state index in [0.717, 1.165) is 24.7 Å². The number of rotatable bonds is 10. The van der Waals surface area contributed by atoms with Gasteiger partial charge < -0.3 is 10.2 Å². The van der Waals surface area contributed by atoms with Crippen molar-refractivity contribution in [2.75, 3.05) is 0 Å². The lowest BCUT2D eigenvalue weighted by molar-refractivity contribution is 0.310. The van der Waals surface area contributed by atoms with Crippen LogP contribution in [0.3, 0.4) is 0 Å². The first kappa shape index (κ1) is 32.3. The second-order valence-corrected chi connectivity index (χ2v) is 14.7. The molecule has 2 fully saturated rings. The first-order chi connectivity index (χ1) is 23.6. The highest BCUT2D eigenvalue weighted by atomic mass is 16.3. The van der Waals surface area contributed by atoms with Crippen molar-refractivity contribution in [2.24, 2.45) is 11.8 Å². The molecule has 0 amide bonds. The zero-order valence-corrected chi connectivity index (χ0v) is 28.2. The van der Waals surface area contributed by atoms with Gasteiger partial charge in [-0.1, -0.05) is 91.0 Å². The molecular weight excluding hydrogens is 585 g/mol. The molecule has 2 N–H and O–H groups in total. The van der Waals surface area contributed by atoms with Crippen molar-refractivity contribution in [3.63, 3.8) is 0 Å². The monoisotopic (exact) mass is 634 g/mol. The second kappa shape index (κ2) is 15.3. The summed E-state index contributed by atoms with van der Waals surface area (Å²) in [6.45, 7) is 0. The van der Waals surface area contributed by atoms with Crippen LogP contribution in [0.5, 0.6) is 11.5 Å². The van der Waals surface area contributed by atoms with Crippen LogP contribution in [0.1, 0.15) is 98.3 Å². The smallest absolute Gasteiger partial charge is 0.115 e. The maximum absolute atomic E-state index is 9.60. The number of phenols is 2. The van der Waals surface area contributed by atoms with Crippen LogP contribution in [0.4, 0.5) is 0 Å². The Kier molecular flexibility index (Phi) is 10.3. The van der Waals surface area contributed by atoms with Gasteiger partial charge in [0.1, 0.15) is 11.5 Å². The Morgan fingerprint density at radius 3 is 1.15 bits per heavy atom. The average Bonchev–Trinajstić information content (AvgIpc) is 3.15. The van der Waals surface area contributed by atoms with E-state index in [-0.39, 0.29) is 0 Å². The predicted octanol–water partition coefficient (Wildman–Crippen LogP) is 12.2. The molecule has 0 spiro atoms. The van der Waals surface area contributed by atoms with Gasteiger partial charge in [0.15, 0.2) is 0 Å². The molecule has 2 aliphatic carbocycles. The Morgan fingerprint density at radius 1 is 0.396 bits per heavy atom. The average molecular weight is 635 g/mol. The van der Waals surface area contributed by atoms with Gasteiger partial charge in [-0.15, -0.1) is 0 Å². The van der Waals surface area contributed by atoms with E-state index in [2.05, 4.69) is 97.1 Å². The SMILES string of the molecule is Oc1ccc(C2CCC(CCc3ccc(-c4cccc(-c5ccc(CCC6CCC(c7ccc(O)cc7)CC6)cc5)c4)cc3)CC2)cc1. The van der Waals surface area contributed by atoms with Crippen LogP contribution >= 0.6 is 0 Å². The summed E-state index contributed by atoms with van der Waals surface area (Å²) < 4.78 is 0. The van der Waals surface area contributed by atoms with Crippen LogP contribution in [0, 0.1) is 11.8 Å². The van der Waals surface area contributed by atoms with Crippen molar-refractivity contribution < 1.29 is 10.2 Å². The van der Waals surface area contributed by atoms with Crippen molar-refractivity contribution in [3.8, 4) is 33.8 Å². The number of benzene rings is 5. The Hall–Kier alpha value is -4.30. The summed E-state index contributed by atoms with van der Waals surface area (Å²) in [5.41, 5.74) is 10.8. The summed E-state index contributed by atoms with van der Waals surface area (Å²) in [4.78, 5) is 0. The fourth-order valence-corrected chi connectivity index (χ4v) is 8.41. The first-order valence-electron chi connectivity index (χ1n) is 18.4. The molecule has 2 saturated carbocycles. The molecule has 2 heteroatoms. The summed E-state index contributed by atoms with van der Waals surface area (Å²) in [5.74, 6) is 3.65. The maximum Gasteiger partial charge on any atom is 0.115 e. The summed E-state index contributed by atoms with van der Waals surface area (Å²) in [6, 6.07) is 43.2. The standard InChI is InChI=1S/C46H50O2/c47-45-28-24-39(25-29-45)37-16-8-33(9-17-37)4-6-35-12-20-41(21-13-35)43-2-1-3-44(32-43)42-22-14-36(15-23-42)7-5-34-10-18-38(19-11-34)40-26-30-46(48)31-27-40/h1-3,12-15,20-34,37-38,47-48H,4-11,16-19H2. The van der Waals surface area contributed by atoms with Crippen LogP contribution in [0.15, 0.2) is 121 Å². The van der Waals surface area contributed by atoms with Crippen LogP contribution in [-0.2, 0) is 12.8 Å². The second-order valence-electron chi connectivity index (χ2n) is 14.7. The van der Waals surface area contributed by atoms with Crippen LogP contribution in [-0.4, -0.2) is 10.2 Å². The number of hydrogen-bond donors (Lipinski definition) is 2. The molecule has 5 aromatic carbocycles. The fourth-order valence-electron chi connectivity index (χ4n) is 8.41. The molecule has 0 saturated heterocycles. The zero-order valence-electron chi connectivity index (χ0n) is 28.2. The zero-order chi connectivity index (χ0) is 32.7. The van der Waals surface area contributed by atoms with Gasteiger partial charge in [0.25, 0.3) is 0 Å². The van der Waals surface area contributed by atoms with E-state index in [1.54, 1.807) is 0 Å². The van der Waals surface area contributed by atoms with E-state index in [9.17, 15) is 10.2 Å². The summed E-state index contributed by atoms with van der Waals surface area (Å²) in [6.07, 6.45) is 15.1. The Labute approximate surface area is 287 Å². The fraction of sp³-hybridized carbons (Fsp3) is 0.348. The van der Waals surface area contributed by atoms with Crippen molar-refractivity contribution in [2.45, 2.75) is 88.9 Å². The molecule has 2 nitrogen and oxygen atoms in total. The van der Waals surface area contributed by atoms with Gasteiger partial charge in [-0.25, -0.2) is 0 Å². The molecule has 7 rings (SSSR count). The molecule has 0 unspecified atom stereocenters. The number of hydrogen-bond acceptors (Lipinski definition) is 2. The lowest BCUT2D eigenvalue weighted by atomic mass is 9.77. The van der Waals surface area contributed by atoms with Gasteiger partial charge in [0.05, 0.1) is 0 Å². The van der Waals surface area contributed by atoms with Crippen LogP contribution in [0.25, 0.3) is 22.3 Å². The van der Waals surface area contributed by atoms with E-state index in [4.69, 9.17) is 0 Å². The summed E-state index contributed by atoms with van der Waals surface area (Å²) in [5, 5.41) is 19.2. The van der Waals surface area contributed by atoms with Gasteiger partial charge in [0.2, 0.25) is 0 Å². The normalized spacial score (nSPS) is 21.2.